The molecule has 1 aromatic rings. The summed E-state index contributed by atoms with van der Waals surface area (Å²) >= 11 is 0. The van der Waals surface area contributed by atoms with Crippen molar-refractivity contribution in [1.82, 2.24) is 0 Å². The van der Waals surface area contributed by atoms with Gasteiger partial charge in [0.2, 0.25) is 5.67 Å². The lowest BCUT2D eigenvalue weighted by atomic mass is 9.96. The minimum atomic E-state index is -2.59. The van der Waals surface area contributed by atoms with Crippen molar-refractivity contribution in [1.29, 1.82) is 0 Å². The monoisotopic (exact) mass is 354 g/mol. The van der Waals surface area contributed by atoms with E-state index in [1.807, 2.05) is 0 Å². The number of carbonyl (C=O) groups excluding carboxylic acids is 2. The highest BCUT2D eigenvalue weighted by Crippen LogP contribution is 2.33. The Morgan fingerprint density at radius 2 is 2.00 bits per heavy atom. The molecule has 0 aliphatic carbocycles. The molecule has 138 valence electrons. The van der Waals surface area contributed by atoms with Gasteiger partial charge in [-0.3, -0.25) is 0 Å². The van der Waals surface area contributed by atoms with Gasteiger partial charge in [0.05, 0.1) is 18.8 Å². The lowest BCUT2D eigenvalue weighted by molar-refractivity contribution is -0.183. The van der Waals surface area contributed by atoms with Crippen LogP contribution in [-0.4, -0.2) is 48.8 Å². The van der Waals surface area contributed by atoms with Gasteiger partial charge in [0.1, 0.15) is 6.10 Å². The first-order valence-corrected chi connectivity index (χ1v) is 8.11. The van der Waals surface area contributed by atoms with Crippen LogP contribution >= 0.6 is 0 Å². The van der Waals surface area contributed by atoms with Gasteiger partial charge in [0.25, 0.3) is 0 Å². The maximum Gasteiger partial charge on any atom is 0.347 e. The third kappa shape index (κ3) is 4.55. The molecule has 1 saturated heterocycles. The van der Waals surface area contributed by atoms with E-state index in [4.69, 9.17) is 18.9 Å². The van der Waals surface area contributed by atoms with E-state index in [9.17, 15) is 9.59 Å². The van der Waals surface area contributed by atoms with E-state index >= 15 is 4.39 Å². The topological polar surface area (TPSA) is 71.1 Å². The van der Waals surface area contributed by atoms with Crippen LogP contribution in [0.5, 0.6) is 0 Å². The van der Waals surface area contributed by atoms with Crippen LogP contribution in [0.15, 0.2) is 30.3 Å². The van der Waals surface area contributed by atoms with E-state index in [1.54, 1.807) is 39.0 Å². The highest BCUT2D eigenvalue weighted by Gasteiger charge is 2.54. The molecule has 0 N–H and O–H groups in total. The summed E-state index contributed by atoms with van der Waals surface area (Å²) in [4.78, 5) is 24.4. The second-order valence-electron chi connectivity index (χ2n) is 6.36. The largest absolute Gasteiger partial charge is 0.464 e. The van der Waals surface area contributed by atoms with Crippen LogP contribution in [0.4, 0.5) is 4.39 Å². The van der Waals surface area contributed by atoms with E-state index in [0.29, 0.717) is 0 Å². The van der Waals surface area contributed by atoms with Gasteiger partial charge in [0, 0.05) is 0 Å². The Morgan fingerprint density at radius 3 is 2.52 bits per heavy atom. The fourth-order valence-electron chi connectivity index (χ4n) is 2.55. The van der Waals surface area contributed by atoms with Gasteiger partial charge >= 0.3 is 11.9 Å². The smallest absolute Gasteiger partial charge is 0.347 e. The van der Waals surface area contributed by atoms with E-state index in [0.717, 1.165) is 6.92 Å². The van der Waals surface area contributed by atoms with Crippen LogP contribution in [0, 0.1) is 0 Å². The predicted molar refractivity (Wildman–Crippen MR) is 86.7 cm³/mol. The third-order valence-corrected chi connectivity index (χ3v) is 3.82. The summed E-state index contributed by atoms with van der Waals surface area (Å²) < 4.78 is 36.4. The summed E-state index contributed by atoms with van der Waals surface area (Å²) in [5.41, 5.74) is -2.35. The standard InChI is InChI=1S/C18H23FO6/c1-5-22-16(21)18(4,19)14(13-11-23-17(2,3)25-13)24-15(20)12-9-7-6-8-10-12/h6-10,13-14H,5,11H2,1-4H3/t13?,14-,18-/m1/s1. The summed E-state index contributed by atoms with van der Waals surface area (Å²) in [6, 6.07) is 8.13. The zero-order valence-corrected chi connectivity index (χ0v) is 14.8. The van der Waals surface area contributed by atoms with Crippen molar-refractivity contribution in [2.24, 2.45) is 0 Å². The molecule has 0 bridgehead atoms. The quantitative estimate of drug-likeness (QED) is 0.732. The Kier molecular flexibility index (Phi) is 5.80. The normalized spacial score (nSPS) is 22.7. The third-order valence-electron chi connectivity index (χ3n) is 3.82. The van der Waals surface area contributed by atoms with Crippen LogP contribution in [0.1, 0.15) is 38.1 Å². The number of carbonyl (C=O) groups is 2. The number of hydrogen-bond donors (Lipinski definition) is 0. The Balaban J connectivity index is 2.26. The number of halogens is 1. The van der Waals surface area contributed by atoms with Crippen molar-refractivity contribution in [3.8, 4) is 0 Å². The van der Waals surface area contributed by atoms with Crippen LogP contribution < -0.4 is 0 Å². The van der Waals surface area contributed by atoms with E-state index in [-0.39, 0.29) is 18.8 Å². The molecule has 2 rings (SSSR count). The van der Waals surface area contributed by atoms with Crippen molar-refractivity contribution < 1.29 is 32.9 Å². The minimum absolute atomic E-state index is 0.00517. The second-order valence-corrected chi connectivity index (χ2v) is 6.36. The van der Waals surface area contributed by atoms with Gasteiger partial charge < -0.3 is 18.9 Å². The molecule has 3 atom stereocenters. The summed E-state index contributed by atoms with van der Waals surface area (Å²) in [6.07, 6.45) is -2.46. The molecule has 1 aromatic carbocycles. The maximum absolute atomic E-state index is 15.2. The van der Waals surface area contributed by atoms with Crippen molar-refractivity contribution in [2.75, 3.05) is 13.2 Å². The summed E-state index contributed by atoms with van der Waals surface area (Å²) in [6.45, 7) is 5.88. The van der Waals surface area contributed by atoms with Gasteiger partial charge in [-0.1, -0.05) is 18.2 Å². The number of esters is 2. The first kappa shape index (κ1) is 19.3. The number of ether oxygens (including phenoxy) is 4. The number of rotatable bonds is 6. The summed E-state index contributed by atoms with van der Waals surface area (Å²) in [5.74, 6) is -2.84. The molecule has 1 aliphatic rings. The first-order valence-electron chi connectivity index (χ1n) is 8.11. The average molecular weight is 354 g/mol. The van der Waals surface area contributed by atoms with Crippen molar-refractivity contribution in [2.45, 2.75) is 51.4 Å². The van der Waals surface area contributed by atoms with Gasteiger partial charge in [-0.05, 0) is 39.8 Å². The molecule has 0 spiro atoms. The lowest BCUT2D eigenvalue weighted by Gasteiger charge is -2.32. The number of alkyl halides is 1. The Labute approximate surface area is 146 Å². The zero-order valence-electron chi connectivity index (χ0n) is 14.8. The fraction of sp³-hybridized carbons (Fsp3) is 0.556. The van der Waals surface area contributed by atoms with Gasteiger partial charge in [-0.2, -0.15) is 0 Å². The second kappa shape index (κ2) is 7.49. The number of hydrogen-bond acceptors (Lipinski definition) is 6. The molecule has 0 radical (unpaired) electrons. The van der Waals surface area contributed by atoms with E-state index in [2.05, 4.69) is 0 Å². The number of benzene rings is 1. The highest BCUT2D eigenvalue weighted by molar-refractivity contribution is 5.90. The van der Waals surface area contributed by atoms with Crippen LogP contribution in [0.25, 0.3) is 0 Å². The predicted octanol–water partition coefficient (Wildman–Crippen LogP) is 2.65. The molecule has 0 aromatic heterocycles. The molecular weight excluding hydrogens is 331 g/mol. The van der Waals surface area contributed by atoms with Crippen molar-refractivity contribution >= 4 is 11.9 Å². The van der Waals surface area contributed by atoms with Gasteiger partial charge in [-0.15, -0.1) is 0 Å². The fourth-order valence-corrected chi connectivity index (χ4v) is 2.55. The molecule has 0 amide bonds. The van der Waals surface area contributed by atoms with Crippen LogP contribution in [0.2, 0.25) is 0 Å². The Hall–Kier alpha value is -1.99. The molecule has 25 heavy (non-hydrogen) atoms. The summed E-state index contributed by atoms with van der Waals surface area (Å²) in [7, 11) is 0. The first-order chi connectivity index (χ1) is 11.7. The molecule has 1 aliphatic heterocycles. The summed E-state index contributed by atoms with van der Waals surface area (Å²) in [5, 5.41) is 0. The SMILES string of the molecule is CCOC(=O)[C@](C)(F)[C@H](OC(=O)c1ccccc1)C1COC(C)(C)O1. The molecule has 1 fully saturated rings. The molecule has 6 nitrogen and oxygen atoms in total. The molecular formula is C18H23FO6. The highest BCUT2D eigenvalue weighted by atomic mass is 19.1. The van der Waals surface area contributed by atoms with Crippen molar-refractivity contribution in [3.63, 3.8) is 0 Å². The molecule has 1 heterocycles. The molecule has 7 heteroatoms. The molecule has 0 saturated carbocycles. The Bertz CT molecular complexity index is 613. The van der Waals surface area contributed by atoms with Gasteiger partial charge in [-0.25, -0.2) is 14.0 Å². The van der Waals surface area contributed by atoms with E-state index in [1.165, 1.54) is 12.1 Å². The Morgan fingerprint density at radius 1 is 1.36 bits per heavy atom. The van der Waals surface area contributed by atoms with Crippen LogP contribution in [-0.2, 0) is 23.7 Å². The molecule has 1 unspecified atom stereocenters. The van der Waals surface area contributed by atoms with Crippen LogP contribution in [0.3, 0.4) is 0 Å². The van der Waals surface area contributed by atoms with E-state index < -0.39 is 35.6 Å². The van der Waals surface area contributed by atoms with Gasteiger partial charge in [0.15, 0.2) is 11.9 Å². The maximum atomic E-state index is 15.2. The average Bonchev–Trinajstić information content (AvgIpc) is 2.92. The van der Waals surface area contributed by atoms with Crippen molar-refractivity contribution in [3.05, 3.63) is 35.9 Å². The minimum Gasteiger partial charge on any atom is -0.464 e. The zero-order chi connectivity index (χ0) is 18.7. The lowest BCUT2D eigenvalue weighted by Crippen LogP contribution is -2.53.